The van der Waals surface area contributed by atoms with Gasteiger partial charge in [0.2, 0.25) is 0 Å². The molecule has 0 bridgehead atoms. The van der Waals surface area contributed by atoms with Crippen LogP contribution in [0.3, 0.4) is 0 Å². The van der Waals surface area contributed by atoms with Crippen LogP contribution in [0.15, 0.2) is 12.2 Å². The van der Waals surface area contributed by atoms with Crippen LogP contribution in [-0.2, 0) is 4.74 Å². The normalized spacial score (nSPS) is 13.2. The molecule has 54 valence electrons. The van der Waals surface area contributed by atoms with Gasteiger partial charge in [0, 0.05) is 20.1 Å². The third kappa shape index (κ3) is 4.18. The van der Waals surface area contributed by atoms with Crippen LogP contribution in [0.4, 0.5) is 0 Å². The van der Waals surface area contributed by atoms with E-state index in [0.717, 1.165) is 5.57 Å². The maximum absolute atomic E-state index is 9.08. The molecule has 0 aliphatic heterocycles. The van der Waals surface area contributed by atoms with Crippen molar-refractivity contribution in [3.63, 3.8) is 0 Å². The lowest BCUT2D eigenvalue weighted by Gasteiger charge is -2.07. The van der Waals surface area contributed by atoms with Crippen molar-refractivity contribution in [1.29, 1.82) is 0 Å². The molecule has 2 heteroatoms. The quantitative estimate of drug-likeness (QED) is 0.574. The van der Waals surface area contributed by atoms with E-state index in [1.807, 2.05) is 0 Å². The zero-order chi connectivity index (χ0) is 7.28. The molecule has 1 atom stereocenters. The smallest absolute Gasteiger partial charge is 0.0766 e. The highest BCUT2D eigenvalue weighted by Crippen LogP contribution is 2.01. The average Bonchev–Trinajstić information content (AvgIpc) is 1.82. The van der Waals surface area contributed by atoms with Crippen molar-refractivity contribution in [2.45, 2.75) is 19.4 Å². The van der Waals surface area contributed by atoms with Crippen molar-refractivity contribution in [1.82, 2.24) is 0 Å². The van der Waals surface area contributed by atoms with Crippen molar-refractivity contribution < 1.29 is 9.84 Å². The van der Waals surface area contributed by atoms with E-state index in [2.05, 4.69) is 6.58 Å². The van der Waals surface area contributed by atoms with Crippen LogP contribution < -0.4 is 0 Å². The SMILES string of the molecule is C=C(C)C(O)CCOC. The van der Waals surface area contributed by atoms with E-state index in [-0.39, 0.29) is 0 Å². The Bertz CT molecular complexity index is 88.9. The Morgan fingerprint density at radius 3 is 2.67 bits per heavy atom. The van der Waals surface area contributed by atoms with Crippen molar-refractivity contribution >= 4 is 0 Å². The molecule has 0 radical (unpaired) electrons. The van der Waals surface area contributed by atoms with E-state index in [1.165, 1.54) is 0 Å². The van der Waals surface area contributed by atoms with Gasteiger partial charge in [0.1, 0.15) is 0 Å². The fraction of sp³-hybridized carbons (Fsp3) is 0.714. The van der Waals surface area contributed by atoms with Crippen molar-refractivity contribution in [2.75, 3.05) is 13.7 Å². The van der Waals surface area contributed by atoms with E-state index in [0.29, 0.717) is 13.0 Å². The second kappa shape index (κ2) is 4.53. The fourth-order valence-electron chi connectivity index (χ4n) is 0.476. The van der Waals surface area contributed by atoms with Crippen LogP contribution in [0, 0.1) is 0 Å². The van der Waals surface area contributed by atoms with Crippen molar-refractivity contribution in [2.24, 2.45) is 0 Å². The van der Waals surface area contributed by atoms with Crippen LogP contribution in [0.2, 0.25) is 0 Å². The maximum Gasteiger partial charge on any atom is 0.0766 e. The van der Waals surface area contributed by atoms with Crippen LogP contribution >= 0.6 is 0 Å². The largest absolute Gasteiger partial charge is 0.389 e. The summed E-state index contributed by atoms with van der Waals surface area (Å²) in [6, 6.07) is 0. The Morgan fingerprint density at radius 1 is 1.78 bits per heavy atom. The topological polar surface area (TPSA) is 29.5 Å². The van der Waals surface area contributed by atoms with Gasteiger partial charge in [0.15, 0.2) is 0 Å². The minimum absolute atomic E-state index is 0.398. The highest BCUT2D eigenvalue weighted by molar-refractivity contribution is 4.96. The van der Waals surface area contributed by atoms with Gasteiger partial charge >= 0.3 is 0 Å². The Morgan fingerprint density at radius 2 is 2.33 bits per heavy atom. The van der Waals surface area contributed by atoms with Gasteiger partial charge in [0.05, 0.1) is 6.10 Å². The third-order valence-electron chi connectivity index (χ3n) is 1.16. The maximum atomic E-state index is 9.08. The minimum atomic E-state index is -0.398. The van der Waals surface area contributed by atoms with Crippen molar-refractivity contribution in [3.8, 4) is 0 Å². The second-order valence-electron chi connectivity index (χ2n) is 2.14. The number of hydrogen-bond donors (Lipinski definition) is 1. The molecule has 2 nitrogen and oxygen atoms in total. The molecule has 0 aromatic heterocycles. The van der Waals surface area contributed by atoms with Gasteiger partial charge in [-0.3, -0.25) is 0 Å². The van der Waals surface area contributed by atoms with Gasteiger partial charge < -0.3 is 9.84 Å². The molecule has 0 saturated heterocycles. The molecule has 0 saturated carbocycles. The lowest BCUT2D eigenvalue weighted by Crippen LogP contribution is -2.09. The first-order chi connectivity index (χ1) is 4.18. The monoisotopic (exact) mass is 130 g/mol. The van der Waals surface area contributed by atoms with Gasteiger partial charge in [-0.2, -0.15) is 0 Å². The van der Waals surface area contributed by atoms with Crippen LogP contribution in [0.1, 0.15) is 13.3 Å². The average molecular weight is 130 g/mol. The molecule has 0 spiro atoms. The number of rotatable bonds is 4. The van der Waals surface area contributed by atoms with E-state index < -0.39 is 6.10 Å². The molecule has 0 heterocycles. The highest BCUT2D eigenvalue weighted by atomic mass is 16.5. The molecule has 0 aliphatic rings. The summed E-state index contributed by atoms with van der Waals surface area (Å²) in [5, 5.41) is 9.08. The van der Waals surface area contributed by atoms with E-state index in [9.17, 15) is 0 Å². The molecule has 0 aromatic rings. The van der Waals surface area contributed by atoms with E-state index >= 15 is 0 Å². The van der Waals surface area contributed by atoms with Gasteiger partial charge in [-0.1, -0.05) is 12.2 Å². The van der Waals surface area contributed by atoms with Crippen LogP contribution in [0.5, 0.6) is 0 Å². The first-order valence-corrected chi connectivity index (χ1v) is 3.01. The summed E-state index contributed by atoms with van der Waals surface area (Å²) in [7, 11) is 1.62. The molecule has 9 heavy (non-hydrogen) atoms. The van der Waals surface area contributed by atoms with Gasteiger partial charge in [-0.05, 0) is 6.92 Å². The zero-order valence-corrected chi connectivity index (χ0v) is 6.05. The zero-order valence-electron chi connectivity index (χ0n) is 6.05. The minimum Gasteiger partial charge on any atom is -0.389 e. The Kier molecular flexibility index (Phi) is 4.36. The molecule has 0 aliphatic carbocycles. The number of ether oxygens (including phenoxy) is 1. The predicted molar refractivity (Wildman–Crippen MR) is 37.3 cm³/mol. The summed E-state index contributed by atoms with van der Waals surface area (Å²) >= 11 is 0. The van der Waals surface area contributed by atoms with Crippen molar-refractivity contribution in [3.05, 3.63) is 12.2 Å². The molecule has 1 unspecified atom stereocenters. The van der Waals surface area contributed by atoms with Gasteiger partial charge in [-0.15, -0.1) is 0 Å². The Balaban J connectivity index is 3.27. The first kappa shape index (κ1) is 8.66. The van der Waals surface area contributed by atoms with Gasteiger partial charge in [0.25, 0.3) is 0 Å². The number of aliphatic hydroxyl groups is 1. The molecule has 0 aromatic carbocycles. The molecule has 1 N–H and O–H groups in total. The Hall–Kier alpha value is -0.340. The number of hydrogen-bond acceptors (Lipinski definition) is 2. The number of aliphatic hydroxyl groups excluding tert-OH is 1. The number of methoxy groups -OCH3 is 1. The lowest BCUT2D eigenvalue weighted by atomic mass is 10.1. The Labute approximate surface area is 56.1 Å². The fourth-order valence-corrected chi connectivity index (χ4v) is 0.476. The molecule has 0 rings (SSSR count). The second-order valence-corrected chi connectivity index (χ2v) is 2.14. The standard InChI is InChI=1S/C7H14O2/c1-6(2)7(8)4-5-9-3/h7-8H,1,4-5H2,2-3H3. The van der Waals surface area contributed by atoms with E-state index in [1.54, 1.807) is 14.0 Å². The molecular weight excluding hydrogens is 116 g/mol. The summed E-state index contributed by atoms with van der Waals surface area (Å²) in [6.45, 7) is 6.00. The van der Waals surface area contributed by atoms with Crippen LogP contribution in [0.25, 0.3) is 0 Å². The van der Waals surface area contributed by atoms with E-state index in [4.69, 9.17) is 9.84 Å². The molecular formula is C7H14O2. The first-order valence-electron chi connectivity index (χ1n) is 3.01. The van der Waals surface area contributed by atoms with Crippen LogP contribution in [-0.4, -0.2) is 24.9 Å². The molecule has 0 fully saturated rings. The summed E-state index contributed by atoms with van der Waals surface area (Å²) in [6.07, 6.45) is 0.246. The lowest BCUT2D eigenvalue weighted by molar-refractivity contribution is 0.130. The predicted octanol–water partition coefficient (Wildman–Crippen LogP) is 0.960. The summed E-state index contributed by atoms with van der Waals surface area (Å²) in [5.74, 6) is 0. The third-order valence-corrected chi connectivity index (χ3v) is 1.16. The van der Waals surface area contributed by atoms with Gasteiger partial charge in [-0.25, -0.2) is 0 Å². The summed E-state index contributed by atoms with van der Waals surface area (Å²) in [5.41, 5.74) is 0.798. The summed E-state index contributed by atoms with van der Waals surface area (Å²) in [4.78, 5) is 0. The highest BCUT2D eigenvalue weighted by Gasteiger charge is 2.01. The summed E-state index contributed by atoms with van der Waals surface area (Å²) < 4.78 is 4.76. The molecule has 0 amide bonds.